The predicted molar refractivity (Wildman–Crippen MR) is 317 cm³/mol. The molecule has 28 atom stereocenters. The molecule has 13 heteroatoms. The smallest absolute Gasteiger partial charge is 0.339 e. The maximum atomic E-state index is 17.5. The van der Waals surface area contributed by atoms with Gasteiger partial charge in [0.05, 0.1) is 48.5 Å². The summed E-state index contributed by atoms with van der Waals surface area (Å²) in [5.74, 6) is 0.897. The summed E-state index contributed by atoms with van der Waals surface area (Å²) in [4.78, 5) is 51.5. The predicted octanol–water partition coefficient (Wildman–Crippen LogP) is 10.2. The maximum absolute atomic E-state index is 17.5. The second-order valence-corrected chi connectivity index (χ2v) is 32.7. The Morgan fingerprint density at radius 1 is 0.837 bits per heavy atom. The van der Waals surface area contributed by atoms with Crippen LogP contribution >= 0.6 is 0 Å². The van der Waals surface area contributed by atoms with Gasteiger partial charge in [0, 0.05) is 41.3 Å². The first-order valence-corrected chi connectivity index (χ1v) is 34.9. The fraction of sp³-hybridized carbons (Fsp3) is 0.767. The van der Waals surface area contributed by atoms with E-state index in [1.165, 1.54) is 43.2 Å². The van der Waals surface area contributed by atoms with Gasteiger partial charge in [0.1, 0.15) is 35.8 Å². The monoisotopic (exact) mass is 1170 g/mol. The Kier molecular flexibility index (Phi) is 12.1. The minimum atomic E-state index is -1.50. The molecule has 5 saturated heterocycles. The number of aliphatic hydroxyl groups excluding tert-OH is 3. The maximum Gasteiger partial charge on any atom is 0.339 e. The van der Waals surface area contributed by atoms with Gasteiger partial charge in [-0.1, -0.05) is 94.9 Å². The minimum Gasteiger partial charge on any atom is -0.469 e. The van der Waals surface area contributed by atoms with Gasteiger partial charge in [0.25, 0.3) is 0 Å². The molecule has 14 fully saturated rings. The number of hydrogen-bond acceptors (Lipinski definition) is 13. The van der Waals surface area contributed by atoms with Gasteiger partial charge in [-0.3, -0.25) is 14.9 Å². The Labute approximate surface area is 507 Å². The standard InChI is InChI=1S/C73H94N2O11/c1-39-49-17-8-7-14-42(49)18-20-50(39)54-31-48-30-46-16-10-24-69(46)34-45-33-67(2)63(52-23-26-82-57(52)32-53(56(77)36-76)43-19-21-51-44(29-43)22-25-75-38-74-35-55(51)75)84-66(81)64-73(67,85-64)71(47-15-9-13-41(28-47)27-40-11-5-4-6-12-40)59(45)70-37-83-65(80)61(69)72(48,70)86-68(54,3)60(70)58(78)62(71)79/h4-6,11-12,22-23,25-26,31,39,41-47,49-51,53-56,59-64,74,76-77,79H,7-10,13-21,24,27-30,32-38H2,1-3H3/t39-,41-,42+,43-,44+,45-,46+,47-,49-,50+,51+,53-,54-,55-,56+,59+,60+,61-,62+,63-,64+,67-,68-,69-,70+,71-,72-,73+/m0/s1. The lowest BCUT2D eigenvalue weighted by molar-refractivity contribution is -0.301. The zero-order valence-corrected chi connectivity index (χ0v) is 51.1. The van der Waals surface area contributed by atoms with Gasteiger partial charge >= 0.3 is 11.9 Å². The number of allylic oxidation sites excluding steroid dienone is 1. The molecule has 16 aliphatic rings. The molecule has 4 N–H and O–H groups in total. The average molecular weight is 1180 g/mol. The fourth-order valence-corrected chi connectivity index (χ4v) is 27.7. The van der Waals surface area contributed by atoms with E-state index in [4.69, 9.17) is 23.4 Å². The summed E-state index contributed by atoms with van der Waals surface area (Å²) < 4.78 is 36.9. The van der Waals surface area contributed by atoms with Crippen molar-refractivity contribution in [3.05, 3.63) is 83.5 Å². The van der Waals surface area contributed by atoms with Gasteiger partial charge in [-0.15, -0.1) is 0 Å². The number of fused-ring (bicyclic) bond motifs is 6. The number of Topliss-reactive ketones (excluding diaryl/α,β-unsaturated/α-hetero) is 1. The highest BCUT2D eigenvalue weighted by atomic mass is 16.7. The molecule has 0 amide bonds. The molecular formula is C73H94N2O11. The lowest BCUT2D eigenvalue weighted by Gasteiger charge is -2.72. The van der Waals surface area contributed by atoms with E-state index >= 15 is 14.4 Å². The van der Waals surface area contributed by atoms with Gasteiger partial charge < -0.3 is 43.6 Å². The molecule has 1 aromatic heterocycles. The summed E-state index contributed by atoms with van der Waals surface area (Å²) in [5.41, 5.74) is -4.01. The Morgan fingerprint density at radius 2 is 1.67 bits per heavy atom. The van der Waals surface area contributed by atoms with Crippen molar-refractivity contribution in [1.82, 2.24) is 10.2 Å². The van der Waals surface area contributed by atoms with Crippen molar-refractivity contribution in [3.63, 3.8) is 0 Å². The number of carbonyl (C=O) groups is 3. The lowest BCUT2D eigenvalue weighted by Crippen LogP contribution is -2.82. The molecular weight excluding hydrogens is 1080 g/mol. The first kappa shape index (κ1) is 55.0. The fourth-order valence-electron chi connectivity index (χ4n) is 27.7. The highest BCUT2D eigenvalue weighted by molar-refractivity contribution is 5.94. The van der Waals surface area contributed by atoms with Crippen LogP contribution in [0.25, 0.3) is 0 Å². The molecule has 86 heavy (non-hydrogen) atoms. The Balaban J connectivity index is 0.814. The van der Waals surface area contributed by atoms with E-state index in [-0.39, 0.29) is 72.3 Å². The summed E-state index contributed by atoms with van der Waals surface area (Å²) in [5, 5.41) is 41.2. The Morgan fingerprint density at radius 3 is 2.53 bits per heavy atom. The summed E-state index contributed by atoms with van der Waals surface area (Å²) in [7, 11) is 0. The molecule has 13 nitrogen and oxygen atoms in total. The van der Waals surface area contributed by atoms with Crippen molar-refractivity contribution in [1.29, 1.82) is 0 Å². The zero-order valence-electron chi connectivity index (χ0n) is 51.1. The van der Waals surface area contributed by atoms with Crippen molar-refractivity contribution in [3.8, 4) is 0 Å². The van der Waals surface area contributed by atoms with Crippen molar-refractivity contribution in [2.75, 3.05) is 26.4 Å². The third-order valence-electron chi connectivity index (χ3n) is 30.2. The highest BCUT2D eigenvalue weighted by Gasteiger charge is 2.98. The van der Waals surface area contributed by atoms with E-state index in [0.29, 0.717) is 48.3 Å². The number of rotatable bonds is 10. The second kappa shape index (κ2) is 18.9. The van der Waals surface area contributed by atoms with Crippen LogP contribution in [0.5, 0.6) is 0 Å². The lowest BCUT2D eigenvalue weighted by atomic mass is 9.29. The first-order chi connectivity index (χ1) is 41.7. The number of nitrogens with zero attached hydrogens (tertiary/aromatic N) is 1. The number of cyclic esters (lactones) is 2. The number of ether oxygens (including phenoxy) is 4. The summed E-state index contributed by atoms with van der Waals surface area (Å²) in [6, 6.07) is 13.2. The molecule has 462 valence electrons. The van der Waals surface area contributed by atoms with Crippen LogP contribution in [0.2, 0.25) is 0 Å². The molecule has 5 bridgehead atoms. The molecule has 0 radical (unpaired) electrons. The first-order valence-electron chi connectivity index (χ1n) is 34.9. The number of nitrogens with one attached hydrogen (secondary N) is 1. The number of benzene rings is 1. The summed E-state index contributed by atoms with van der Waals surface area (Å²) in [6.07, 6.45) is 24.7. The van der Waals surface area contributed by atoms with Crippen LogP contribution in [0.15, 0.2) is 71.0 Å². The number of furan rings is 1. The quantitative estimate of drug-likeness (QED) is 0.100. The van der Waals surface area contributed by atoms with Crippen LogP contribution in [0.3, 0.4) is 0 Å². The van der Waals surface area contributed by atoms with Gasteiger partial charge in [0.15, 0.2) is 11.9 Å². The topological polar surface area (TPSA) is 181 Å². The van der Waals surface area contributed by atoms with Crippen LogP contribution < -0.4 is 5.32 Å². The van der Waals surface area contributed by atoms with Crippen LogP contribution in [0.4, 0.5) is 0 Å². The van der Waals surface area contributed by atoms with Gasteiger partial charge in [-0.05, 0) is 203 Å². The largest absolute Gasteiger partial charge is 0.469 e. The van der Waals surface area contributed by atoms with E-state index in [1.54, 1.807) is 6.26 Å². The number of epoxide rings is 1. The molecule has 9 aliphatic carbocycles. The van der Waals surface area contributed by atoms with E-state index in [1.807, 2.05) is 6.07 Å². The number of esters is 2. The third-order valence-corrected chi connectivity index (χ3v) is 30.2. The van der Waals surface area contributed by atoms with Crippen LogP contribution in [-0.4, -0.2) is 106 Å². The normalized spacial score (nSPS) is 52.8. The van der Waals surface area contributed by atoms with Crippen LogP contribution in [0.1, 0.15) is 166 Å². The molecule has 9 saturated carbocycles. The highest BCUT2D eigenvalue weighted by Crippen LogP contribution is 2.90. The molecule has 7 aliphatic heterocycles. The molecule has 18 rings (SSSR count). The van der Waals surface area contributed by atoms with E-state index < -0.39 is 86.6 Å². The van der Waals surface area contributed by atoms with Gasteiger partial charge in [0.2, 0.25) is 0 Å². The average Bonchev–Trinajstić information content (AvgIpc) is 1.41. The van der Waals surface area contributed by atoms with Crippen molar-refractivity contribution in [2.45, 2.75) is 203 Å². The van der Waals surface area contributed by atoms with Crippen molar-refractivity contribution < 1.29 is 53.1 Å². The van der Waals surface area contributed by atoms with Crippen molar-refractivity contribution >= 4 is 17.7 Å². The summed E-state index contributed by atoms with van der Waals surface area (Å²) in [6.45, 7) is 8.59. The minimum absolute atomic E-state index is 0.0556. The van der Waals surface area contributed by atoms with Crippen LogP contribution in [-0.2, 0) is 46.2 Å². The number of aliphatic hydroxyl groups is 3. The third kappa shape index (κ3) is 6.63. The zero-order chi connectivity index (χ0) is 58.2. The van der Waals surface area contributed by atoms with E-state index in [0.717, 1.165) is 115 Å². The van der Waals surface area contributed by atoms with Gasteiger partial charge in [-0.2, -0.15) is 0 Å². The number of ketones is 1. The van der Waals surface area contributed by atoms with Crippen LogP contribution in [0, 0.1) is 116 Å². The Hall–Kier alpha value is -3.85. The molecule has 8 heterocycles. The molecule has 1 aromatic carbocycles. The van der Waals surface area contributed by atoms with E-state index in [9.17, 15) is 15.3 Å². The number of hydrogen-bond donors (Lipinski definition) is 4. The SMILES string of the molecule is C[C@H]1[C@@H]2CCCC[C@@H]2CC[C@H]1[C@@H]1C=C2C[C@H]3CCC[C@]34C[C@@H]3C[C@@]5(C)[C@H](c6ccoc6C[C@@H]([C@H]6CC[C@@H]7[C@H](C=CN8CNC[C@@H]78)C6)[C@H](O)CO)OC(=O)[C@H]6O[C@]65[C@]5([C@H]6CCC[C@@H](Cc7ccccc7)C6)[C@H](O)C(=O)[C@@H]6[C@@]1(C)O[C@]21[C@H]4C(=O)OC[C@@]61[C@@H]35. The summed E-state index contributed by atoms with van der Waals surface area (Å²) >= 11 is 0. The van der Waals surface area contributed by atoms with Crippen molar-refractivity contribution in [2.24, 2.45) is 116 Å². The molecule has 0 unspecified atom stereocenters. The van der Waals surface area contributed by atoms with Gasteiger partial charge in [-0.25, -0.2) is 4.79 Å². The second-order valence-electron chi connectivity index (χ2n) is 32.7. The van der Waals surface area contributed by atoms with E-state index in [2.05, 4.69) is 79.7 Å². The Bertz CT molecular complexity index is 3180. The molecule has 2 aromatic rings. The number of carbonyl (C=O) groups excluding carboxylic acids is 3. The molecule has 4 spiro atoms.